The van der Waals surface area contributed by atoms with Crippen LogP contribution in [0.5, 0.6) is 5.75 Å². The maximum Gasteiger partial charge on any atom is 0.314 e. The summed E-state index contributed by atoms with van der Waals surface area (Å²) in [6.07, 6.45) is 1.43. The van der Waals surface area contributed by atoms with Crippen LogP contribution in [0.4, 0.5) is 0 Å². The fourth-order valence-electron chi connectivity index (χ4n) is 2.78. The molecule has 92 valence electrons. The van der Waals surface area contributed by atoms with E-state index in [1.54, 1.807) is 7.11 Å². The predicted octanol–water partition coefficient (Wildman–Crippen LogP) is 2.76. The van der Waals surface area contributed by atoms with Crippen LogP contribution in [0.25, 0.3) is 0 Å². The number of hydrogen-bond acceptors (Lipinski definition) is 2. The van der Waals surface area contributed by atoms with Crippen molar-refractivity contribution in [3.63, 3.8) is 0 Å². The minimum Gasteiger partial charge on any atom is -0.496 e. The van der Waals surface area contributed by atoms with Gasteiger partial charge in [0.05, 0.1) is 12.5 Å². The van der Waals surface area contributed by atoms with Crippen LogP contribution in [0.2, 0.25) is 0 Å². The molecule has 1 aliphatic rings. The Hall–Kier alpha value is -1.51. The molecule has 17 heavy (non-hydrogen) atoms. The molecule has 0 amide bonds. The zero-order valence-corrected chi connectivity index (χ0v) is 10.5. The summed E-state index contributed by atoms with van der Waals surface area (Å²) in [7, 11) is 1.61. The zero-order chi connectivity index (χ0) is 12.6. The van der Waals surface area contributed by atoms with Gasteiger partial charge in [-0.05, 0) is 42.9 Å². The number of ether oxygens (including phenoxy) is 1. The molecule has 2 rings (SSSR count). The van der Waals surface area contributed by atoms with Crippen molar-refractivity contribution in [2.24, 2.45) is 5.92 Å². The second-order valence-electron chi connectivity index (χ2n) is 5.09. The summed E-state index contributed by atoms with van der Waals surface area (Å²) in [6.45, 7) is 4.05. The summed E-state index contributed by atoms with van der Waals surface area (Å²) >= 11 is 0. The minimum atomic E-state index is -0.721. The highest BCUT2D eigenvalue weighted by atomic mass is 16.5. The number of rotatable bonds is 3. The molecule has 1 aromatic carbocycles. The van der Waals surface area contributed by atoms with Crippen molar-refractivity contribution in [3.05, 3.63) is 29.3 Å². The SMILES string of the molecule is COc1cc(C2(C(=O)O)CC(C)C2)ccc1C. The number of benzene rings is 1. The number of carboxylic acids is 1. The molecule has 1 saturated carbocycles. The molecule has 3 nitrogen and oxygen atoms in total. The highest BCUT2D eigenvalue weighted by molar-refractivity contribution is 5.83. The van der Waals surface area contributed by atoms with Crippen molar-refractivity contribution >= 4 is 5.97 Å². The number of aryl methyl sites for hydroxylation is 1. The molecule has 1 aromatic rings. The Morgan fingerprint density at radius 1 is 1.47 bits per heavy atom. The van der Waals surface area contributed by atoms with E-state index in [9.17, 15) is 9.90 Å². The van der Waals surface area contributed by atoms with Crippen molar-refractivity contribution in [2.45, 2.75) is 32.1 Å². The normalized spacial score (nSPS) is 27.4. The van der Waals surface area contributed by atoms with Crippen molar-refractivity contribution in [3.8, 4) is 5.75 Å². The summed E-state index contributed by atoms with van der Waals surface area (Å²) in [6, 6.07) is 5.72. The van der Waals surface area contributed by atoms with Gasteiger partial charge < -0.3 is 9.84 Å². The predicted molar refractivity (Wildman–Crippen MR) is 65.4 cm³/mol. The van der Waals surface area contributed by atoms with Gasteiger partial charge >= 0.3 is 5.97 Å². The number of carboxylic acid groups (broad SMARTS) is 1. The lowest BCUT2D eigenvalue weighted by molar-refractivity contribution is -0.149. The molecule has 0 heterocycles. The van der Waals surface area contributed by atoms with Gasteiger partial charge in [0, 0.05) is 0 Å². The Labute approximate surface area is 101 Å². The van der Waals surface area contributed by atoms with E-state index in [1.165, 1.54) is 0 Å². The van der Waals surface area contributed by atoms with Crippen LogP contribution in [0.1, 0.15) is 30.9 Å². The largest absolute Gasteiger partial charge is 0.496 e. The number of aliphatic carboxylic acids is 1. The number of hydrogen-bond donors (Lipinski definition) is 1. The first-order valence-electron chi connectivity index (χ1n) is 5.88. The van der Waals surface area contributed by atoms with E-state index in [4.69, 9.17) is 4.74 Å². The van der Waals surface area contributed by atoms with Gasteiger partial charge in [0.15, 0.2) is 0 Å². The third kappa shape index (κ3) is 1.79. The third-order valence-electron chi connectivity index (χ3n) is 3.76. The van der Waals surface area contributed by atoms with Gasteiger partial charge in [0.25, 0.3) is 0 Å². The zero-order valence-electron chi connectivity index (χ0n) is 10.5. The van der Waals surface area contributed by atoms with Gasteiger partial charge in [-0.15, -0.1) is 0 Å². The van der Waals surface area contributed by atoms with Crippen molar-refractivity contribution in [2.75, 3.05) is 7.11 Å². The lowest BCUT2D eigenvalue weighted by Crippen LogP contribution is -2.46. The monoisotopic (exact) mass is 234 g/mol. The van der Waals surface area contributed by atoms with Gasteiger partial charge in [-0.1, -0.05) is 19.1 Å². The average Bonchev–Trinajstić information content (AvgIpc) is 2.25. The molecule has 0 atom stereocenters. The van der Waals surface area contributed by atoms with Crippen LogP contribution in [-0.4, -0.2) is 18.2 Å². The fourth-order valence-corrected chi connectivity index (χ4v) is 2.78. The maximum absolute atomic E-state index is 11.5. The summed E-state index contributed by atoms with van der Waals surface area (Å²) in [5, 5.41) is 9.45. The van der Waals surface area contributed by atoms with E-state index in [0.29, 0.717) is 18.8 Å². The molecular weight excluding hydrogens is 216 g/mol. The van der Waals surface area contributed by atoms with E-state index in [2.05, 4.69) is 6.92 Å². The molecule has 0 saturated heterocycles. The summed E-state index contributed by atoms with van der Waals surface area (Å²) < 4.78 is 5.26. The lowest BCUT2D eigenvalue weighted by atomic mass is 9.59. The van der Waals surface area contributed by atoms with E-state index in [1.807, 2.05) is 25.1 Å². The van der Waals surface area contributed by atoms with E-state index < -0.39 is 11.4 Å². The molecule has 0 spiro atoms. The summed E-state index contributed by atoms with van der Waals surface area (Å²) in [4.78, 5) is 11.5. The van der Waals surface area contributed by atoms with E-state index in [0.717, 1.165) is 16.9 Å². The van der Waals surface area contributed by atoms with Gasteiger partial charge in [0.1, 0.15) is 5.75 Å². The molecule has 0 aromatic heterocycles. The van der Waals surface area contributed by atoms with Crippen LogP contribution < -0.4 is 4.74 Å². The first-order valence-corrected chi connectivity index (χ1v) is 5.88. The molecule has 1 aliphatic carbocycles. The Balaban J connectivity index is 2.41. The Morgan fingerprint density at radius 2 is 2.12 bits per heavy atom. The molecule has 1 fully saturated rings. The quantitative estimate of drug-likeness (QED) is 0.874. The maximum atomic E-state index is 11.5. The molecule has 0 radical (unpaired) electrons. The van der Waals surface area contributed by atoms with Gasteiger partial charge in [0.2, 0.25) is 0 Å². The first-order chi connectivity index (χ1) is 7.99. The number of carbonyl (C=O) groups is 1. The van der Waals surface area contributed by atoms with Crippen LogP contribution in [0.15, 0.2) is 18.2 Å². The number of methoxy groups -OCH3 is 1. The van der Waals surface area contributed by atoms with Crippen molar-refractivity contribution in [1.82, 2.24) is 0 Å². The summed E-state index contributed by atoms with van der Waals surface area (Å²) in [5.41, 5.74) is 1.20. The Kier molecular flexibility index (Phi) is 2.86. The highest BCUT2D eigenvalue weighted by Crippen LogP contribution is 2.48. The second kappa shape index (κ2) is 4.06. The van der Waals surface area contributed by atoms with Crippen LogP contribution in [0, 0.1) is 12.8 Å². The smallest absolute Gasteiger partial charge is 0.314 e. The molecule has 0 unspecified atom stereocenters. The molecule has 0 bridgehead atoms. The first kappa shape index (κ1) is 12.0. The molecule has 0 aliphatic heterocycles. The topological polar surface area (TPSA) is 46.5 Å². The molecular formula is C14H18O3. The second-order valence-corrected chi connectivity index (χ2v) is 5.09. The third-order valence-corrected chi connectivity index (χ3v) is 3.76. The van der Waals surface area contributed by atoms with Gasteiger partial charge in [-0.3, -0.25) is 4.79 Å². The van der Waals surface area contributed by atoms with Gasteiger partial charge in [-0.2, -0.15) is 0 Å². The van der Waals surface area contributed by atoms with Crippen molar-refractivity contribution in [1.29, 1.82) is 0 Å². The van der Waals surface area contributed by atoms with Crippen molar-refractivity contribution < 1.29 is 14.6 Å². The lowest BCUT2D eigenvalue weighted by Gasteiger charge is -2.43. The average molecular weight is 234 g/mol. The summed E-state index contributed by atoms with van der Waals surface area (Å²) in [5.74, 6) is 0.530. The fraction of sp³-hybridized carbons (Fsp3) is 0.500. The van der Waals surface area contributed by atoms with E-state index in [-0.39, 0.29) is 0 Å². The van der Waals surface area contributed by atoms with Crippen LogP contribution in [-0.2, 0) is 10.2 Å². The van der Waals surface area contributed by atoms with E-state index >= 15 is 0 Å². The molecule has 3 heteroatoms. The van der Waals surface area contributed by atoms with Crippen LogP contribution in [0.3, 0.4) is 0 Å². The van der Waals surface area contributed by atoms with Crippen LogP contribution >= 0.6 is 0 Å². The highest BCUT2D eigenvalue weighted by Gasteiger charge is 2.50. The van der Waals surface area contributed by atoms with Gasteiger partial charge in [-0.25, -0.2) is 0 Å². The molecule has 1 N–H and O–H groups in total. The minimum absolute atomic E-state index is 0.485. The Bertz CT molecular complexity index is 445. The standard InChI is InChI=1S/C14H18O3/c1-9-7-14(8-9,13(15)16)11-5-4-10(2)12(6-11)17-3/h4-6,9H,7-8H2,1-3H3,(H,15,16). The Morgan fingerprint density at radius 3 is 2.59 bits per heavy atom.